The fourth-order valence-electron chi connectivity index (χ4n) is 3.57. The average molecular weight is 223 g/mol. The summed E-state index contributed by atoms with van der Waals surface area (Å²) >= 11 is 0. The monoisotopic (exact) mass is 223 g/mol. The molecule has 1 heteroatoms. The number of hydrogen-bond donors (Lipinski definition) is 1. The highest BCUT2D eigenvalue weighted by molar-refractivity contribution is 4.82. The molecule has 0 unspecified atom stereocenters. The van der Waals surface area contributed by atoms with Gasteiger partial charge in [0.1, 0.15) is 0 Å². The molecule has 2 fully saturated rings. The molecule has 1 atom stereocenters. The van der Waals surface area contributed by atoms with Gasteiger partial charge in [-0.1, -0.05) is 26.2 Å². The van der Waals surface area contributed by atoms with E-state index in [0.29, 0.717) is 0 Å². The Labute approximate surface area is 101 Å². The van der Waals surface area contributed by atoms with Gasteiger partial charge in [-0.15, -0.1) is 0 Å². The topological polar surface area (TPSA) is 12.0 Å². The van der Waals surface area contributed by atoms with Crippen LogP contribution < -0.4 is 5.32 Å². The first-order valence-electron chi connectivity index (χ1n) is 7.51. The van der Waals surface area contributed by atoms with Crippen molar-refractivity contribution in [3.05, 3.63) is 0 Å². The van der Waals surface area contributed by atoms with Crippen LogP contribution in [0.1, 0.15) is 71.6 Å². The lowest BCUT2D eigenvalue weighted by Crippen LogP contribution is -2.43. The quantitative estimate of drug-likeness (QED) is 0.759. The third kappa shape index (κ3) is 3.48. The summed E-state index contributed by atoms with van der Waals surface area (Å²) < 4.78 is 0. The van der Waals surface area contributed by atoms with Crippen LogP contribution in [0.2, 0.25) is 0 Å². The maximum absolute atomic E-state index is 3.91. The summed E-state index contributed by atoms with van der Waals surface area (Å²) in [6.07, 6.45) is 13.1. The smallest absolute Gasteiger partial charge is 0.00698 e. The van der Waals surface area contributed by atoms with E-state index in [1.807, 2.05) is 0 Å². The highest BCUT2D eigenvalue weighted by Crippen LogP contribution is 2.28. The van der Waals surface area contributed by atoms with Gasteiger partial charge in [-0.2, -0.15) is 0 Å². The van der Waals surface area contributed by atoms with Crippen molar-refractivity contribution in [3.8, 4) is 0 Å². The van der Waals surface area contributed by atoms with Gasteiger partial charge in [0.25, 0.3) is 0 Å². The molecule has 16 heavy (non-hydrogen) atoms. The Morgan fingerprint density at radius 3 is 2.12 bits per heavy atom. The molecule has 1 nitrogen and oxygen atoms in total. The van der Waals surface area contributed by atoms with Crippen molar-refractivity contribution in [1.29, 1.82) is 0 Å². The summed E-state index contributed by atoms with van der Waals surface area (Å²) in [4.78, 5) is 0. The van der Waals surface area contributed by atoms with Crippen LogP contribution in [0.3, 0.4) is 0 Å². The second kappa shape index (κ2) is 6.05. The lowest BCUT2D eigenvalue weighted by molar-refractivity contribution is 0.228. The molecule has 0 aromatic rings. The van der Waals surface area contributed by atoms with E-state index in [0.717, 1.165) is 23.9 Å². The molecule has 2 aliphatic carbocycles. The fraction of sp³-hybridized carbons (Fsp3) is 1.00. The van der Waals surface area contributed by atoms with Gasteiger partial charge < -0.3 is 5.32 Å². The van der Waals surface area contributed by atoms with Gasteiger partial charge in [0, 0.05) is 12.1 Å². The van der Waals surface area contributed by atoms with Crippen molar-refractivity contribution in [2.45, 2.75) is 83.7 Å². The fourth-order valence-corrected chi connectivity index (χ4v) is 3.57. The van der Waals surface area contributed by atoms with Crippen molar-refractivity contribution >= 4 is 0 Å². The number of hydrogen-bond acceptors (Lipinski definition) is 1. The third-order valence-corrected chi connectivity index (χ3v) is 4.87. The summed E-state index contributed by atoms with van der Waals surface area (Å²) in [5, 5.41) is 3.91. The van der Waals surface area contributed by atoms with E-state index in [9.17, 15) is 0 Å². The van der Waals surface area contributed by atoms with E-state index in [1.54, 1.807) is 0 Å². The van der Waals surface area contributed by atoms with Crippen LogP contribution in [-0.2, 0) is 0 Å². The van der Waals surface area contributed by atoms with Crippen LogP contribution in [0.25, 0.3) is 0 Å². The predicted molar refractivity (Wildman–Crippen MR) is 70.6 cm³/mol. The zero-order chi connectivity index (χ0) is 11.4. The van der Waals surface area contributed by atoms with Crippen molar-refractivity contribution < 1.29 is 0 Å². The van der Waals surface area contributed by atoms with Gasteiger partial charge in [-0.3, -0.25) is 0 Å². The molecule has 0 radical (unpaired) electrons. The predicted octanol–water partition coefficient (Wildman–Crippen LogP) is 4.12. The lowest BCUT2D eigenvalue weighted by Gasteiger charge is -2.34. The van der Waals surface area contributed by atoms with Gasteiger partial charge in [-0.25, -0.2) is 0 Å². The van der Waals surface area contributed by atoms with Crippen molar-refractivity contribution in [2.24, 2.45) is 11.8 Å². The van der Waals surface area contributed by atoms with Gasteiger partial charge in [0.05, 0.1) is 0 Å². The maximum atomic E-state index is 3.91. The van der Waals surface area contributed by atoms with E-state index in [2.05, 4.69) is 19.2 Å². The van der Waals surface area contributed by atoms with Crippen LogP contribution in [0.15, 0.2) is 0 Å². The molecule has 2 aliphatic rings. The first-order chi connectivity index (χ1) is 7.75. The van der Waals surface area contributed by atoms with Crippen molar-refractivity contribution in [2.75, 3.05) is 0 Å². The standard InChI is InChI=1S/C15H29N/c1-12-8-10-15(11-9-12)16-13(2)14-6-4-3-5-7-14/h12-16H,3-11H2,1-2H3/t12?,13-,15?/m0/s1. The molecule has 2 saturated carbocycles. The number of rotatable bonds is 3. The maximum Gasteiger partial charge on any atom is 0.00698 e. The van der Waals surface area contributed by atoms with E-state index in [4.69, 9.17) is 0 Å². The summed E-state index contributed by atoms with van der Waals surface area (Å²) in [5.41, 5.74) is 0. The molecule has 0 spiro atoms. The minimum absolute atomic E-state index is 0.763. The van der Waals surface area contributed by atoms with Crippen molar-refractivity contribution in [1.82, 2.24) is 5.32 Å². The largest absolute Gasteiger partial charge is 0.311 e. The molecule has 0 aromatic carbocycles. The highest BCUT2D eigenvalue weighted by Gasteiger charge is 2.24. The van der Waals surface area contributed by atoms with Crippen LogP contribution in [0.4, 0.5) is 0 Å². The number of nitrogens with one attached hydrogen (secondary N) is 1. The summed E-state index contributed by atoms with van der Waals surface area (Å²) in [6, 6.07) is 1.59. The van der Waals surface area contributed by atoms with E-state index in [1.165, 1.54) is 57.8 Å². The molecular weight excluding hydrogens is 194 g/mol. The molecule has 0 heterocycles. The Morgan fingerprint density at radius 2 is 1.50 bits per heavy atom. The minimum Gasteiger partial charge on any atom is -0.311 e. The Kier molecular flexibility index (Phi) is 4.69. The Hall–Kier alpha value is -0.0400. The van der Waals surface area contributed by atoms with E-state index < -0.39 is 0 Å². The molecule has 0 aliphatic heterocycles. The first kappa shape index (κ1) is 12.4. The summed E-state index contributed by atoms with van der Waals surface area (Å²) in [7, 11) is 0. The van der Waals surface area contributed by atoms with E-state index in [-0.39, 0.29) is 0 Å². The van der Waals surface area contributed by atoms with Crippen LogP contribution in [0.5, 0.6) is 0 Å². The minimum atomic E-state index is 0.763. The second-order valence-corrected chi connectivity index (χ2v) is 6.31. The summed E-state index contributed by atoms with van der Waals surface area (Å²) in [5.74, 6) is 1.94. The Bertz CT molecular complexity index is 188. The molecule has 0 saturated heterocycles. The second-order valence-electron chi connectivity index (χ2n) is 6.31. The first-order valence-corrected chi connectivity index (χ1v) is 7.51. The Balaban J connectivity index is 1.71. The van der Waals surface area contributed by atoms with Gasteiger partial charge in [0.2, 0.25) is 0 Å². The Morgan fingerprint density at radius 1 is 0.875 bits per heavy atom. The lowest BCUT2D eigenvalue weighted by atomic mass is 9.82. The third-order valence-electron chi connectivity index (χ3n) is 4.87. The molecular formula is C15H29N. The molecule has 2 rings (SSSR count). The van der Waals surface area contributed by atoms with Gasteiger partial charge in [-0.05, 0) is 57.3 Å². The molecule has 0 aromatic heterocycles. The van der Waals surface area contributed by atoms with Crippen molar-refractivity contribution in [3.63, 3.8) is 0 Å². The van der Waals surface area contributed by atoms with Crippen LogP contribution >= 0.6 is 0 Å². The van der Waals surface area contributed by atoms with E-state index >= 15 is 0 Å². The SMILES string of the molecule is CC1CCC(N[C@@H](C)C2CCCCC2)CC1. The molecule has 0 bridgehead atoms. The zero-order valence-electron chi connectivity index (χ0n) is 11.2. The summed E-state index contributed by atoms with van der Waals surface area (Å²) in [6.45, 7) is 4.83. The van der Waals surface area contributed by atoms with Gasteiger partial charge in [0.15, 0.2) is 0 Å². The molecule has 0 amide bonds. The molecule has 1 N–H and O–H groups in total. The normalized spacial score (nSPS) is 34.9. The molecule has 94 valence electrons. The average Bonchev–Trinajstić information content (AvgIpc) is 2.33. The van der Waals surface area contributed by atoms with Gasteiger partial charge >= 0.3 is 0 Å². The zero-order valence-corrected chi connectivity index (χ0v) is 11.2. The van der Waals surface area contributed by atoms with Crippen LogP contribution in [-0.4, -0.2) is 12.1 Å². The highest BCUT2D eigenvalue weighted by atomic mass is 15.0. The van der Waals surface area contributed by atoms with Crippen LogP contribution in [0, 0.1) is 11.8 Å².